The molecule has 0 radical (unpaired) electrons. The van der Waals surface area contributed by atoms with Crippen LogP contribution in [0.1, 0.15) is 12.8 Å². The molecule has 0 bridgehead atoms. The highest BCUT2D eigenvalue weighted by Crippen LogP contribution is 2.35. The van der Waals surface area contributed by atoms with E-state index < -0.39 is 0 Å². The SMILES string of the molecule is CN(C(=O)CNc1ccc(Br)c(Cl)c1Cl)C1CC1. The molecule has 0 saturated heterocycles. The lowest BCUT2D eigenvalue weighted by atomic mass is 10.3. The third kappa shape index (κ3) is 3.11. The van der Waals surface area contributed by atoms with Crippen LogP contribution >= 0.6 is 39.1 Å². The van der Waals surface area contributed by atoms with Gasteiger partial charge in [-0.2, -0.15) is 0 Å². The molecular formula is C12H13BrCl2N2O. The number of halogens is 3. The zero-order valence-electron chi connectivity index (χ0n) is 9.84. The van der Waals surface area contributed by atoms with Crippen LogP contribution in [-0.2, 0) is 4.79 Å². The summed E-state index contributed by atoms with van der Waals surface area (Å²) in [7, 11) is 1.83. The summed E-state index contributed by atoms with van der Waals surface area (Å²) in [5.41, 5.74) is 0.669. The van der Waals surface area contributed by atoms with E-state index in [2.05, 4.69) is 21.2 Å². The molecule has 98 valence electrons. The maximum atomic E-state index is 11.8. The van der Waals surface area contributed by atoms with Gasteiger partial charge in [0.25, 0.3) is 0 Å². The summed E-state index contributed by atoms with van der Waals surface area (Å²) in [5.74, 6) is 0.0626. The smallest absolute Gasteiger partial charge is 0.241 e. The Bertz CT molecular complexity index is 477. The Morgan fingerprint density at radius 3 is 2.72 bits per heavy atom. The minimum absolute atomic E-state index is 0.0626. The second-order valence-electron chi connectivity index (χ2n) is 4.31. The van der Waals surface area contributed by atoms with Gasteiger partial charge in [-0.05, 0) is 40.9 Å². The molecule has 0 unspecified atom stereocenters. The molecule has 0 spiro atoms. The average molecular weight is 352 g/mol. The Morgan fingerprint density at radius 2 is 2.11 bits per heavy atom. The molecule has 18 heavy (non-hydrogen) atoms. The van der Waals surface area contributed by atoms with E-state index in [-0.39, 0.29) is 12.5 Å². The van der Waals surface area contributed by atoms with Crippen molar-refractivity contribution >= 4 is 50.7 Å². The Balaban J connectivity index is 1.97. The number of anilines is 1. The summed E-state index contributed by atoms with van der Waals surface area (Å²) in [6.45, 7) is 0.227. The summed E-state index contributed by atoms with van der Waals surface area (Å²) < 4.78 is 0.737. The van der Waals surface area contributed by atoms with Gasteiger partial charge in [-0.3, -0.25) is 4.79 Å². The van der Waals surface area contributed by atoms with Crippen molar-refractivity contribution in [3.8, 4) is 0 Å². The number of hydrogen-bond donors (Lipinski definition) is 1. The zero-order chi connectivity index (χ0) is 13.3. The van der Waals surface area contributed by atoms with Crippen LogP contribution in [0.3, 0.4) is 0 Å². The van der Waals surface area contributed by atoms with E-state index >= 15 is 0 Å². The molecule has 0 heterocycles. The number of carbonyl (C=O) groups excluding carboxylic acids is 1. The van der Waals surface area contributed by atoms with Gasteiger partial charge in [0.1, 0.15) is 0 Å². The van der Waals surface area contributed by atoms with E-state index in [1.54, 1.807) is 17.0 Å². The van der Waals surface area contributed by atoms with Crippen LogP contribution in [0.2, 0.25) is 10.0 Å². The highest BCUT2D eigenvalue weighted by molar-refractivity contribution is 9.10. The summed E-state index contributed by atoms with van der Waals surface area (Å²) in [4.78, 5) is 13.6. The summed E-state index contributed by atoms with van der Waals surface area (Å²) in [6.07, 6.45) is 2.21. The van der Waals surface area contributed by atoms with Crippen molar-refractivity contribution in [2.24, 2.45) is 0 Å². The Kier molecular flexibility index (Phi) is 4.41. The monoisotopic (exact) mass is 350 g/mol. The second-order valence-corrected chi connectivity index (χ2v) is 5.92. The number of nitrogens with one attached hydrogen (secondary N) is 1. The van der Waals surface area contributed by atoms with Crippen LogP contribution < -0.4 is 5.32 Å². The van der Waals surface area contributed by atoms with Crippen molar-refractivity contribution in [3.05, 3.63) is 26.7 Å². The molecule has 0 atom stereocenters. The summed E-state index contributed by atoms with van der Waals surface area (Å²) in [5, 5.41) is 3.89. The minimum atomic E-state index is 0.0626. The first-order valence-electron chi connectivity index (χ1n) is 5.63. The van der Waals surface area contributed by atoms with Crippen molar-refractivity contribution in [3.63, 3.8) is 0 Å². The van der Waals surface area contributed by atoms with Crippen LogP contribution in [0, 0.1) is 0 Å². The van der Waals surface area contributed by atoms with Crippen LogP contribution in [0.15, 0.2) is 16.6 Å². The van der Waals surface area contributed by atoms with E-state index in [1.165, 1.54) is 0 Å². The van der Waals surface area contributed by atoms with Gasteiger partial charge in [0.2, 0.25) is 5.91 Å². The highest BCUT2D eigenvalue weighted by atomic mass is 79.9. The van der Waals surface area contributed by atoms with E-state index in [4.69, 9.17) is 23.2 Å². The van der Waals surface area contributed by atoms with Gasteiger partial charge in [-0.1, -0.05) is 23.2 Å². The molecule has 6 heteroatoms. The fourth-order valence-corrected chi connectivity index (χ4v) is 2.46. The fourth-order valence-electron chi connectivity index (χ4n) is 1.62. The highest BCUT2D eigenvalue weighted by Gasteiger charge is 2.29. The van der Waals surface area contributed by atoms with E-state index in [0.29, 0.717) is 21.8 Å². The van der Waals surface area contributed by atoms with Gasteiger partial charge in [-0.15, -0.1) is 0 Å². The lowest BCUT2D eigenvalue weighted by molar-refractivity contribution is -0.128. The van der Waals surface area contributed by atoms with Crippen LogP contribution in [0.5, 0.6) is 0 Å². The van der Waals surface area contributed by atoms with Gasteiger partial charge in [0.05, 0.1) is 22.3 Å². The Morgan fingerprint density at radius 1 is 1.44 bits per heavy atom. The molecule has 1 N–H and O–H groups in total. The van der Waals surface area contributed by atoms with E-state index in [1.807, 2.05) is 7.05 Å². The number of rotatable bonds is 4. The molecule has 2 rings (SSSR count). The van der Waals surface area contributed by atoms with Crippen molar-refractivity contribution in [1.29, 1.82) is 0 Å². The predicted octanol–water partition coefficient (Wildman–Crippen LogP) is 3.79. The fraction of sp³-hybridized carbons (Fsp3) is 0.417. The quantitative estimate of drug-likeness (QED) is 0.837. The second kappa shape index (κ2) is 5.68. The lowest BCUT2D eigenvalue weighted by Gasteiger charge is -2.17. The third-order valence-electron chi connectivity index (χ3n) is 2.95. The van der Waals surface area contributed by atoms with Crippen LogP contribution in [0.25, 0.3) is 0 Å². The molecular weight excluding hydrogens is 339 g/mol. The Hall–Kier alpha value is -0.450. The molecule has 1 aromatic carbocycles. The van der Waals surface area contributed by atoms with Crippen molar-refractivity contribution in [1.82, 2.24) is 4.90 Å². The first kappa shape index (κ1) is 14.0. The molecule has 1 fully saturated rings. The first-order chi connectivity index (χ1) is 8.50. The first-order valence-corrected chi connectivity index (χ1v) is 7.18. The van der Waals surface area contributed by atoms with Gasteiger partial charge < -0.3 is 10.2 Å². The number of likely N-dealkylation sites (N-methyl/N-ethyl adjacent to an activating group) is 1. The van der Waals surface area contributed by atoms with Crippen molar-refractivity contribution < 1.29 is 4.79 Å². The number of benzene rings is 1. The van der Waals surface area contributed by atoms with Gasteiger partial charge >= 0.3 is 0 Å². The predicted molar refractivity (Wildman–Crippen MR) is 78.4 cm³/mol. The summed E-state index contributed by atoms with van der Waals surface area (Å²) >= 11 is 15.4. The lowest BCUT2D eigenvalue weighted by Crippen LogP contribution is -2.33. The molecule has 1 aliphatic carbocycles. The number of carbonyl (C=O) groups is 1. The van der Waals surface area contributed by atoms with Crippen molar-refractivity contribution in [2.45, 2.75) is 18.9 Å². The normalized spacial score (nSPS) is 14.4. The molecule has 1 aromatic rings. The maximum Gasteiger partial charge on any atom is 0.241 e. The number of nitrogens with zero attached hydrogens (tertiary/aromatic N) is 1. The van der Waals surface area contributed by atoms with Crippen molar-refractivity contribution in [2.75, 3.05) is 18.9 Å². The average Bonchev–Trinajstić information content (AvgIpc) is 3.18. The zero-order valence-corrected chi connectivity index (χ0v) is 12.9. The molecule has 0 aliphatic heterocycles. The Labute approximate surface area is 125 Å². The summed E-state index contributed by atoms with van der Waals surface area (Å²) in [6, 6.07) is 4.01. The maximum absolute atomic E-state index is 11.8. The molecule has 0 aromatic heterocycles. The van der Waals surface area contributed by atoms with Gasteiger partial charge in [0, 0.05) is 17.6 Å². The standard InChI is InChI=1S/C12H13BrCl2N2O/c1-17(7-2-3-7)10(18)6-16-9-5-4-8(13)11(14)12(9)15/h4-5,7,16H,2-3,6H2,1H3. The molecule has 1 saturated carbocycles. The molecule has 3 nitrogen and oxygen atoms in total. The van der Waals surface area contributed by atoms with Crippen LogP contribution in [0.4, 0.5) is 5.69 Å². The van der Waals surface area contributed by atoms with E-state index in [0.717, 1.165) is 17.3 Å². The van der Waals surface area contributed by atoms with E-state index in [9.17, 15) is 4.79 Å². The van der Waals surface area contributed by atoms with Gasteiger partial charge in [-0.25, -0.2) is 0 Å². The number of amides is 1. The minimum Gasteiger partial charge on any atom is -0.375 e. The molecule has 1 amide bonds. The molecule has 1 aliphatic rings. The largest absolute Gasteiger partial charge is 0.375 e. The third-order valence-corrected chi connectivity index (χ3v) is 4.72. The number of hydrogen-bond acceptors (Lipinski definition) is 2. The topological polar surface area (TPSA) is 32.3 Å². The van der Waals surface area contributed by atoms with Crippen LogP contribution in [-0.4, -0.2) is 30.4 Å². The van der Waals surface area contributed by atoms with Gasteiger partial charge in [0.15, 0.2) is 0 Å².